The monoisotopic (exact) mass is 518 g/mol. The van der Waals surface area contributed by atoms with Gasteiger partial charge in [-0.25, -0.2) is 8.42 Å². The van der Waals surface area contributed by atoms with Crippen LogP contribution in [0.15, 0.2) is 65.6 Å². The number of anilines is 1. The Bertz CT molecular complexity index is 1420. The lowest BCUT2D eigenvalue weighted by Gasteiger charge is -2.35. The Kier molecular flexibility index (Phi) is 6.99. The molecule has 3 aromatic rings. The van der Waals surface area contributed by atoms with E-state index in [0.717, 1.165) is 36.0 Å². The van der Waals surface area contributed by atoms with Crippen molar-refractivity contribution in [3.63, 3.8) is 0 Å². The van der Waals surface area contributed by atoms with Crippen molar-refractivity contribution in [2.75, 3.05) is 10.8 Å². The first-order valence-corrected chi connectivity index (χ1v) is 14.5. The number of ether oxygens (including phenoxy) is 1. The van der Waals surface area contributed by atoms with Gasteiger partial charge in [-0.05, 0) is 92.5 Å². The zero-order valence-electron chi connectivity index (χ0n) is 21.7. The van der Waals surface area contributed by atoms with Gasteiger partial charge in [0.25, 0.3) is 15.9 Å². The van der Waals surface area contributed by atoms with Crippen molar-refractivity contribution in [3.8, 4) is 5.75 Å². The van der Waals surface area contributed by atoms with Crippen LogP contribution in [0.3, 0.4) is 0 Å². The van der Waals surface area contributed by atoms with E-state index in [9.17, 15) is 13.2 Å². The Morgan fingerprint density at radius 1 is 0.973 bits per heavy atom. The number of fused-ring (bicyclic) bond motifs is 2. The van der Waals surface area contributed by atoms with Crippen LogP contribution < -0.4 is 14.4 Å². The largest absolute Gasteiger partial charge is 0.476 e. The summed E-state index contributed by atoms with van der Waals surface area (Å²) in [5.74, 6) is 0.0738. The number of rotatable bonds is 6. The first-order chi connectivity index (χ1) is 17.8. The summed E-state index contributed by atoms with van der Waals surface area (Å²) in [5, 5.41) is 3.14. The molecule has 0 fully saturated rings. The molecule has 0 unspecified atom stereocenters. The number of benzene rings is 3. The van der Waals surface area contributed by atoms with Crippen molar-refractivity contribution >= 4 is 21.6 Å². The third-order valence-electron chi connectivity index (χ3n) is 7.39. The van der Waals surface area contributed by atoms with Gasteiger partial charge in [0.15, 0.2) is 6.10 Å². The van der Waals surface area contributed by atoms with Crippen molar-refractivity contribution in [1.82, 2.24) is 5.32 Å². The molecule has 1 N–H and O–H groups in total. The molecular weight excluding hydrogens is 484 g/mol. The van der Waals surface area contributed by atoms with Crippen LogP contribution >= 0.6 is 0 Å². The quantitative estimate of drug-likeness (QED) is 0.474. The fourth-order valence-corrected chi connectivity index (χ4v) is 6.69. The second kappa shape index (κ2) is 10.2. The van der Waals surface area contributed by atoms with Gasteiger partial charge >= 0.3 is 0 Å². The number of amides is 1. The molecule has 3 aromatic carbocycles. The molecule has 0 bridgehead atoms. The SMILES string of the molecule is CC[C@@H](NC(=O)[C@@H]1CN(S(=O)(=O)c2ccc(C)cc2)c2ccc(C)cc2O1)c1ccc2c(c1)CCCC2. The van der Waals surface area contributed by atoms with Crippen molar-refractivity contribution < 1.29 is 17.9 Å². The predicted octanol–water partition coefficient (Wildman–Crippen LogP) is 5.41. The van der Waals surface area contributed by atoms with E-state index >= 15 is 0 Å². The molecule has 2 aliphatic rings. The van der Waals surface area contributed by atoms with Gasteiger partial charge in [-0.1, -0.05) is 48.9 Å². The number of aryl methyl sites for hydroxylation is 4. The average Bonchev–Trinajstić information content (AvgIpc) is 2.90. The lowest BCUT2D eigenvalue weighted by molar-refractivity contribution is -0.128. The van der Waals surface area contributed by atoms with E-state index in [0.29, 0.717) is 11.4 Å². The van der Waals surface area contributed by atoms with Crippen LogP contribution in [0.4, 0.5) is 5.69 Å². The Hall–Kier alpha value is -3.32. The Morgan fingerprint density at radius 3 is 2.41 bits per heavy atom. The summed E-state index contributed by atoms with van der Waals surface area (Å²) in [6.45, 7) is 5.77. The number of sulfonamides is 1. The summed E-state index contributed by atoms with van der Waals surface area (Å²) < 4.78 is 34.8. The molecule has 0 saturated heterocycles. The molecule has 0 saturated carbocycles. The third kappa shape index (κ3) is 5.10. The number of nitrogens with one attached hydrogen (secondary N) is 1. The zero-order valence-corrected chi connectivity index (χ0v) is 22.5. The van der Waals surface area contributed by atoms with E-state index in [1.54, 1.807) is 36.4 Å². The van der Waals surface area contributed by atoms with Crippen molar-refractivity contribution in [1.29, 1.82) is 0 Å². The Morgan fingerprint density at radius 2 is 1.68 bits per heavy atom. The predicted molar refractivity (Wildman–Crippen MR) is 146 cm³/mol. The van der Waals surface area contributed by atoms with E-state index in [2.05, 4.69) is 23.5 Å². The summed E-state index contributed by atoms with van der Waals surface area (Å²) in [5.41, 5.74) is 6.18. The lowest BCUT2D eigenvalue weighted by Crippen LogP contribution is -2.51. The van der Waals surface area contributed by atoms with E-state index in [-0.39, 0.29) is 23.4 Å². The normalized spacial score (nSPS) is 17.8. The van der Waals surface area contributed by atoms with Crippen molar-refractivity contribution in [3.05, 3.63) is 88.5 Å². The van der Waals surface area contributed by atoms with Gasteiger partial charge in [-0.2, -0.15) is 0 Å². The molecule has 2 atom stereocenters. The molecule has 37 heavy (non-hydrogen) atoms. The number of nitrogens with zero attached hydrogens (tertiary/aromatic N) is 1. The van der Waals surface area contributed by atoms with Gasteiger partial charge < -0.3 is 10.1 Å². The lowest BCUT2D eigenvalue weighted by atomic mass is 9.88. The van der Waals surface area contributed by atoms with Crippen LogP contribution in [0, 0.1) is 13.8 Å². The highest BCUT2D eigenvalue weighted by Crippen LogP contribution is 2.38. The maximum atomic E-state index is 13.7. The zero-order chi connectivity index (χ0) is 26.2. The second-order valence-electron chi connectivity index (χ2n) is 10.1. The molecule has 5 rings (SSSR count). The molecule has 6 nitrogen and oxygen atoms in total. The topological polar surface area (TPSA) is 75.7 Å². The molecule has 194 valence electrons. The highest BCUT2D eigenvalue weighted by atomic mass is 32.2. The second-order valence-corrected chi connectivity index (χ2v) is 12.0. The maximum Gasteiger partial charge on any atom is 0.264 e. The van der Waals surface area contributed by atoms with Gasteiger partial charge in [-0.15, -0.1) is 0 Å². The highest BCUT2D eigenvalue weighted by molar-refractivity contribution is 7.92. The van der Waals surface area contributed by atoms with E-state index in [4.69, 9.17) is 4.74 Å². The molecule has 1 aliphatic carbocycles. The third-order valence-corrected chi connectivity index (χ3v) is 9.18. The molecule has 1 aliphatic heterocycles. The van der Waals surface area contributed by atoms with E-state index in [1.807, 2.05) is 26.8 Å². The summed E-state index contributed by atoms with van der Waals surface area (Å²) >= 11 is 0. The summed E-state index contributed by atoms with van der Waals surface area (Å²) in [6.07, 6.45) is 4.35. The van der Waals surface area contributed by atoms with E-state index in [1.165, 1.54) is 28.3 Å². The van der Waals surface area contributed by atoms with Crippen molar-refractivity contribution in [2.45, 2.75) is 69.9 Å². The number of hydrogen-bond donors (Lipinski definition) is 1. The Balaban J connectivity index is 1.42. The van der Waals surface area contributed by atoms with Gasteiger partial charge in [0.1, 0.15) is 5.75 Å². The fraction of sp³-hybridized carbons (Fsp3) is 0.367. The maximum absolute atomic E-state index is 13.7. The minimum absolute atomic E-state index is 0.0985. The summed E-state index contributed by atoms with van der Waals surface area (Å²) in [6, 6.07) is 18.5. The van der Waals surface area contributed by atoms with Gasteiger partial charge in [-0.3, -0.25) is 9.10 Å². The fourth-order valence-electron chi connectivity index (χ4n) is 5.22. The molecule has 0 radical (unpaired) electrons. The number of hydrogen-bond acceptors (Lipinski definition) is 4. The van der Waals surface area contributed by atoms with Crippen LogP contribution in [0.2, 0.25) is 0 Å². The van der Waals surface area contributed by atoms with Crippen LogP contribution in [0.5, 0.6) is 5.75 Å². The average molecular weight is 519 g/mol. The first kappa shape index (κ1) is 25.3. The molecule has 0 aromatic heterocycles. The van der Waals surface area contributed by atoms with Crippen molar-refractivity contribution in [2.24, 2.45) is 0 Å². The highest BCUT2D eigenvalue weighted by Gasteiger charge is 2.38. The minimum atomic E-state index is -3.89. The van der Waals surface area contributed by atoms with Crippen LogP contribution in [0.1, 0.15) is 60.0 Å². The summed E-state index contributed by atoms with van der Waals surface area (Å²) in [7, 11) is -3.89. The Labute approximate surface area is 219 Å². The molecular formula is C30H34N2O4S. The first-order valence-electron chi connectivity index (χ1n) is 13.0. The van der Waals surface area contributed by atoms with Gasteiger partial charge in [0.05, 0.1) is 23.2 Å². The minimum Gasteiger partial charge on any atom is -0.476 e. The molecule has 0 spiro atoms. The molecule has 1 amide bonds. The standard InChI is InChI=1S/C30H34N2O4S/c1-4-26(24-13-12-22-7-5-6-8-23(22)18-24)31-30(33)29-19-32(27-16-11-21(3)17-28(27)36-29)37(34,35)25-14-9-20(2)10-15-25/h9-18,26,29H,4-8,19H2,1-3H3,(H,31,33)/t26-,29+/m1/s1. The van der Waals surface area contributed by atoms with Crippen LogP contribution in [0.25, 0.3) is 0 Å². The van der Waals surface area contributed by atoms with Crippen LogP contribution in [-0.2, 0) is 27.7 Å². The smallest absolute Gasteiger partial charge is 0.264 e. The molecule has 1 heterocycles. The molecule has 7 heteroatoms. The number of carbonyl (C=O) groups is 1. The van der Waals surface area contributed by atoms with Gasteiger partial charge in [0, 0.05) is 0 Å². The van der Waals surface area contributed by atoms with Crippen LogP contribution in [-0.4, -0.2) is 27.0 Å². The number of carbonyl (C=O) groups excluding carboxylic acids is 1. The van der Waals surface area contributed by atoms with E-state index < -0.39 is 16.1 Å². The summed E-state index contributed by atoms with van der Waals surface area (Å²) in [4.78, 5) is 13.7. The van der Waals surface area contributed by atoms with Gasteiger partial charge in [0.2, 0.25) is 0 Å².